The molecule has 0 aliphatic heterocycles. The van der Waals surface area contributed by atoms with Crippen LogP contribution in [-0.4, -0.2) is 15.0 Å². The fourth-order valence-corrected chi connectivity index (χ4v) is 0. The zero-order valence-corrected chi connectivity index (χ0v) is 4.50. The van der Waals surface area contributed by atoms with E-state index in [-0.39, 0.29) is 20.3 Å². The Hall–Kier alpha value is 0.667. The van der Waals surface area contributed by atoms with Crippen LogP contribution in [0.2, 0.25) is 0 Å². The Morgan fingerprint density at radius 2 is 1.71 bits per heavy atom. The predicted octanol–water partition coefficient (Wildman–Crippen LogP) is -3.31. The van der Waals surface area contributed by atoms with E-state index in [0.717, 1.165) is 0 Å². The third-order valence-electron chi connectivity index (χ3n) is 0.106. The van der Waals surface area contributed by atoms with Crippen molar-refractivity contribution in [2.24, 2.45) is 0 Å². The Labute approximate surface area is 53.1 Å². The first-order chi connectivity index (χ1) is 2.56. The summed E-state index contributed by atoms with van der Waals surface area (Å²) in [5, 5.41) is 7.14. The van der Waals surface area contributed by atoms with E-state index in [9.17, 15) is 4.57 Å². The Morgan fingerprint density at radius 1 is 1.57 bits per heavy atom. The second kappa shape index (κ2) is 3.64. The largest absolute Gasteiger partial charge is 1.00 e. The van der Waals surface area contributed by atoms with Gasteiger partial charge in [0.25, 0.3) is 0 Å². The molecule has 7 heavy (non-hydrogen) atoms. The first kappa shape index (κ1) is 10.6. The Bertz CT molecular complexity index is 76.5. The molecule has 0 aromatic rings. The Balaban J connectivity index is -0.000000125. The maximum atomic E-state index is 9.22. The van der Waals surface area contributed by atoms with Crippen LogP contribution >= 0.6 is 7.82 Å². The number of hydrogen-bond acceptors (Lipinski definition) is 3. The fourth-order valence-electron chi connectivity index (χ4n) is 0. The van der Waals surface area contributed by atoms with E-state index in [1.807, 2.05) is 0 Å². The third kappa shape index (κ3) is 10.8. The van der Waals surface area contributed by atoms with Crippen molar-refractivity contribution in [2.45, 2.75) is 0 Å². The molecule has 0 aliphatic carbocycles. The maximum Gasteiger partial charge on any atom is 1.00 e. The van der Waals surface area contributed by atoms with Gasteiger partial charge in [-0.3, -0.25) is 0 Å². The van der Waals surface area contributed by atoms with Gasteiger partial charge in [-0.1, -0.05) is 0 Å². The predicted molar refractivity (Wildman–Crippen MR) is 16.9 cm³/mol. The van der Waals surface area contributed by atoms with Crippen molar-refractivity contribution in [1.29, 1.82) is 0 Å². The molecule has 0 aromatic carbocycles. The molecule has 3 N–H and O–H groups in total. The van der Waals surface area contributed by atoms with Crippen LogP contribution in [0.25, 0.3) is 0 Å². The Kier molecular flexibility index (Phi) is 5.52. The van der Waals surface area contributed by atoms with Gasteiger partial charge in [-0.15, -0.1) is 4.67 Å². The molecule has 0 bridgehead atoms. The SMILES string of the molecule is O=P(O)(O)OO.[H-].[Li+]. The van der Waals surface area contributed by atoms with Crippen LogP contribution in [0.3, 0.4) is 0 Å². The van der Waals surface area contributed by atoms with Gasteiger partial charge in [-0.25, -0.2) is 9.82 Å². The molecule has 0 heterocycles. The van der Waals surface area contributed by atoms with E-state index in [1.54, 1.807) is 0 Å². The summed E-state index contributed by atoms with van der Waals surface area (Å²) < 4.78 is 11.8. The standard InChI is InChI=1S/Li.H3O5P.H/c;1-5-6(2,3)4;/h;1H,(H2,2,3,4);/q+1;;-1. The summed E-state index contributed by atoms with van der Waals surface area (Å²) in [4.78, 5) is 14.9. The first-order valence-corrected chi connectivity index (χ1v) is 2.48. The number of rotatable bonds is 1. The van der Waals surface area contributed by atoms with Gasteiger partial charge in [-0.2, -0.15) is 0 Å². The minimum absolute atomic E-state index is 0. The molecule has 0 unspecified atom stereocenters. The van der Waals surface area contributed by atoms with Gasteiger partial charge in [0.15, 0.2) is 0 Å². The summed E-state index contributed by atoms with van der Waals surface area (Å²) >= 11 is 0. The van der Waals surface area contributed by atoms with Gasteiger partial charge >= 0.3 is 26.7 Å². The van der Waals surface area contributed by atoms with Crippen LogP contribution in [0, 0.1) is 0 Å². The summed E-state index contributed by atoms with van der Waals surface area (Å²) in [6.45, 7) is 0. The molecule has 0 atom stereocenters. The molecule has 40 valence electrons. The minimum Gasteiger partial charge on any atom is -1.00 e. The number of hydrogen-bond donors (Lipinski definition) is 3. The van der Waals surface area contributed by atoms with Crippen molar-refractivity contribution in [1.82, 2.24) is 0 Å². The molecular weight excluding hydrogens is 118 g/mol. The zero-order valence-electron chi connectivity index (χ0n) is 4.61. The molecule has 0 spiro atoms. The van der Waals surface area contributed by atoms with Crippen molar-refractivity contribution >= 4 is 7.82 Å². The normalized spacial score (nSPS) is 10.1. The van der Waals surface area contributed by atoms with Crippen molar-refractivity contribution in [3.05, 3.63) is 0 Å². The summed E-state index contributed by atoms with van der Waals surface area (Å²) in [6, 6.07) is 0. The molecule has 0 amide bonds. The quantitative estimate of drug-likeness (QED) is 0.147. The summed E-state index contributed by atoms with van der Waals surface area (Å²) in [7, 11) is -4.59. The molecule has 0 rings (SSSR count). The summed E-state index contributed by atoms with van der Waals surface area (Å²) in [6.07, 6.45) is 0. The van der Waals surface area contributed by atoms with Crippen LogP contribution in [0.4, 0.5) is 0 Å². The first-order valence-electron chi connectivity index (χ1n) is 0.948. The second-order valence-corrected chi connectivity index (χ2v) is 1.72. The molecule has 0 radical (unpaired) electrons. The second-order valence-electron chi connectivity index (χ2n) is 0.572. The van der Waals surface area contributed by atoms with Crippen LogP contribution in [0.1, 0.15) is 1.43 Å². The minimum atomic E-state index is -4.59. The molecule has 0 saturated heterocycles. The van der Waals surface area contributed by atoms with Crippen molar-refractivity contribution in [3.63, 3.8) is 0 Å². The van der Waals surface area contributed by atoms with E-state index in [1.165, 1.54) is 0 Å². The zero-order chi connectivity index (χ0) is 5.21. The van der Waals surface area contributed by atoms with Gasteiger partial charge in [0.1, 0.15) is 0 Å². The maximum absolute atomic E-state index is 9.22. The van der Waals surface area contributed by atoms with Gasteiger partial charge in [-0.05, 0) is 0 Å². The Morgan fingerprint density at radius 3 is 1.71 bits per heavy atom. The molecule has 0 aromatic heterocycles. The molecule has 0 saturated carbocycles. The van der Waals surface area contributed by atoms with Crippen LogP contribution in [-0.2, 0) is 9.24 Å². The molecule has 0 aliphatic rings. The smallest absolute Gasteiger partial charge is 1.00 e. The van der Waals surface area contributed by atoms with Gasteiger partial charge < -0.3 is 11.2 Å². The van der Waals surface area contributed by atoms with E-state index in [0.29, 0.717) is 0 Å². The van der Waals surface area contributed by atoms with Crippen LogP contribution in [0.15, 0.2) is 0 Å². The topological polar surface area (TPSA) is 87.0 Å². The molecule has 7 heteroatoms. The molecule has 0 fully saturated rings. The van der Waals surface area contributed by atoms with Gasteiger partial charge in [0, 0.05) is 0 Å². The number of phosphoric acid groups is 1. The van der Waals surface area contributed by atoms with Gasteiger partial charge in [0.2, 0.25) is 0 Å². The van der Waals surface area contributed by atoms with E-state index in [4.69, 9.17) is 15.0 Å². The van der Waals surface area contributed by atoms with Crippen molar-refractivity contribution in [2.75, 3.05) is 0 Å². The fraction of sp³-hybridized carbons (Fsp3) is 0. The van der Waals surface area contributed by atoms with E-state index in [2.05, 4.69) is 4.67 Å². The third-order valence-corrected chi connectivity index (χ3v) is 0.319. The van der Waals surface area contributed by atoms with Crippen molar-refractivity contribution < 1.29 is 44.6 Å². The van der Waals surface area contributed by atoms with Crippen LogP contribution in [0.5, 0.6) is 0 Å². The summed E-state index contributed by atoms with van der Waals surface area (Å²) in [5.41, 5.74) is 0. The van der Waals surface area contributed by atoms with E-state index < -0.39 is 7.82 Å². The van der Waals surface area contributed by atoms with Crippen LogP contribution < -0.4 is 18.9 Å². The van der Waals surface area contributed by atoms with Gasteiger partial charge in [0.05, 0.1) is 0 Å². The monoisotopic (exact) mass is 122 g/mol. The average molecular weight is 122 g/mol. The average Bonchev–Trinajstić information content (AvgIpc) is 1.35. The summed E-state index contributed by atoms with van der Waals surface area (Å²) in [5.74, 6) is 0. The van der Waals surface area contributed by atoms with Crippen molar-refractivity contribution in [3.8, 4) is 0 Å². The molecule has 5 nitrogen and oxygen atoms in total. The molecular formula is H4LiO5P. The van der Waals surface area contributed by atoms with E-state index >= 15 is 0 Å².